The Bertz CT molecular complexity index is 1040. The number of aromatic carboxylic acids is 1. The number of likely N-dealkylation sites (N-methyl/N-ethyl adjacent to an activating group) is 1. The molecule has 12 nitrogen and oxygen atoms in total. The maximum Gasteiger partial charge on any atom is 0.336 e. The highest BCUT2D eigenvalue weighted by molar-refractivity contribution is 5.98. The number of aliphatic hydroxyl groups excluding tert-OH is 5. The molecule has 0 heterocycles. The molecule has 0 radical (unpaired) electrons. The van der Waals surface area contributed by atoms with E-state index in [4.69, 9.17) is 16.6 Å². The highest BCUT2D eigenvalue weighted by atomic mass is 16.4. The van der Waals surface area contributed by atoms with Crippen molar-refractivity contribution in [3.05, 3.63) is 53.6 Å². The first-order valence-electron chi connectivity index (χ1n) is 10.1. The van der Waals surface area contributed by atoms with Gasteiger partial charge in [0.1, 0.15) is 24.4 Å². The summed E-state index contributed by atoms with van der Waals surface area (Å²) in [5.41, 5.74) is 12.1. The molecule has 4 atom stereocenters. The van der Waals surface area contributed by atoms with Gasteiger partial charge in [-0.2, -0.15) is 0 Å². The van der Waals surface area contributed by atoms with Crippen LogP contribution in [0.4, 0.5) is 5.69 Å². The maximum absolute atomic E-state index is 12.7. The molecular formula is C22H28N4O8. The fourth-order valence-corrected chi connectivity index (χ4v) is 3.22. The second-order valence-electron chi connectivity index (χ2n) is 7.63. The molecule has 0 aliphatic carbocycles. The molecule has 1 amide bonds. The molecule has 10 N–H and O–H groups in total. The Morgan fingerprint density at radius 2 is 1.56 bits per heavy atom. The number of carbonyl (C=O) groups excluding carboxylic acids is 1. The lowest BCUT2D eigenvalue weighted by Gasteiger charge is -2.28. The minimum absolute atomic E-state index is 0.00599. The number of hydrogen-bond donors (Lipinski definition) is 8. The van der Waals surface area contributed by atoms with Gasteiger partial charge in [-0.25, -0.2) is 9.79 Å². The van der Waals surface area contributed by atoms with Crippen molar-refractivity contribution in [1.82, 2.24) is 4.90 Å². The number of carboxylic acids is 1. The zero-order valence-electron chi connectivity index (χ0n) is 18.3. The topological polar surface area (TPSA) is 223 Å². The Morgan fingerprint density at radius 3 is 2.09 bits per heavy atom. The lowest BCUT2D eigenvalue weighted by molar-refractivity contribution is -0.117. The van der Waals surface area contributed by atoms with Gasteiger partial charge in [0.15, 0.2) is 5.96 Å². The van der Waals surface area contributed by atoms with Crippen LogP contribution in [0.2, 0.25) is 0 Å². The number of aliphatic hydroxyl groups is 5. The Labute approximate surface area is 195 Å². The molecule has 34 heavy (non-hydrogen) atoms. The molecule has 0 saturated carbocycles. The number of amides is 1. The third-order valence-electron chi connectivity index (χ3n) is 5.07. The summed E-state index contributed by atoms with van der Waals surface area (Å²) in [6.45, 7) is -1.19. The minimum atomic E-state index is -1.80. The van der Waals surface area contributed by atoms with Crippen molar-refractivity contribution in [3.8, 4) is 11.1 Å². The van der Waals surface area contributed by atoms with E-state index >= 15 is 0 Å². The van der Waals surface area contributed by atoms with Crippen molar-refractivity contribution >= 4 is 23.5 Å². The van der Waals surface area contributed by atoms with Crippen LogP contribution in [-0.2, 0) is 0 Å². The summed E-state index contributed by atoms with van der Waals surface area (Å²) in [7, 11) is 1.36. The highest BCUT2D eigenvalue weighted by Gasteiger charge is 2.31. The van der Waals surface area contributed by atoms with E-state index < -0.39 is 42.9 Å². The Hall–Kier alpha value is -3.55. The molecule has 184 valence electrons. The summed E-state index contributed by atoms with van der Waals surface area (Å²) in [5.74, 6) is -1.88. The van der Waals surface area contributed by atoms with E-state index in [0.717, 1.165) is 4.90 Å². The number of aliphatic imine (C=N–C) groups is 1. The molecule has 0 bridgehead atoms. The van der Waals surface area contributed by atoms with E-state index in [1.807, 2.05) is 0 Å². The highest BCUT2D eigenvalue weighted by Crippen LogP contribution is 2.29. The molecule has 2 rings (SSSR count). The Kier molecular flexibility index (Phi) is 9.06. The lowest BCUT2D eigenvalue weighted by Crippen LogP contribution is -2.49. The summed E-state index contributed by atoms with van der Waals surface area (Å²) in [5, 5.41) is 57.4. The van der Waals surface area contributed by atoms with Gasteiger partial charge in [0.2, 0.25) is 0 Å². The van der Waals surface area contributed by atoms with E-state index in [0.29, 0.717) is 16.8 Å². The number of benzene rings is 2. The van der Waals surface area contributed by atoms with Gasteiger partial charge in [0.25, 0.3) is 5.91 Å². The van der Waals surface area contributed by atoms with Crippen LogP contribution in [0.15, 0.2) is 47.5 Å². The fraction of sp³-hybridized carbons (Fsp3) is 0.318. The van der Waals surface area contributed by atoms with Gasteiger partial charge in [-0.1, -0.05) is 12.1 Å². The standard InChI is InChI=1S/C22H28N4O8/c1-26(9-16(28)18(30)19(31)17(29)10-27)20(32)12-4-2-11(3-5-12)15-8-13(25-22(23)24)6-7-14(15)21(33)34/h2-8,16-19,27-31H,9-10H2,1H3,(H,33,34)(H4,23,24,25)/t16-,17+,18+,19+/m0/s1. The van der Waals surface area contributed by atoms with Crippen molar-refractivity contribution in [1.29, 1.82) is 0 Å². The van der Waals surface area contributed by atoms with Crippen molar-refractivity contribution in [2.45, 2.75) is 24.4 Å². The average molecular weight is 476 g/mol. The molecule has 0 aliphatic rings. The van der Waals surface area contributed by atoms with Crippen LogP contribution in [0.25, 0.3) is 11.1 Å². The number of rotatable bonds is 10. The fourth-order valence-electron chi connectivity index (χ4n) is 3.22. The van der Waals surface area contributed by atoms with E-state index in [9.17, 15) is 35.1 Å². The van der Waals surface area contributed by atoms with Crippen LogP contribution in [0.1, 0.15) is 20.7 Å². The molecule has 2 aromatic rings. The van der Waals surface area contributed by atoms with Gasteiger partial charge < -0.3 is 47.0 Å². The van der Waals surface area contributed by atoms with Crippen molar-refractivity contribution in [2.75, 3.05) is 20.2 Å². The summed E-state index contributed by atoms with van der Waals surface area (Å²) < 4.78 is 0. The zero-order valence-corrected chi connectivity index (χ0v) is 18.3. The number of hydrogen-bond acceptors (Lipinski definition) is 8. The van der Waals surface area contributed by atoms with Crippen molar-refractivity contribution < 1.29 is 40.2 Å². The second kappa shape index (κ2) is 11.5. The Morgan fingerprint density at radius 1 is 0.971 bits per heavy atom. The van der Waals surface area contributed by atoms with Gasteiger partial charge in [-0.15, -0.1) is 0 Å². The number of guanidine groups is 1. The third-order valence-corrected chi connectivity index (χ3v) is 5.07. The van der Waals surface area contributed by atoms with Crippen LogP contribution in [0.3, 0.4) is 0 Å². The molecule has 0 aromatic heterocycles. The summed E-state index contributed by atoms with van der Waals surface area (Å²) in [4.78, 5) is 29.3. The first-order valence-corrected chi connectivity index (χ1v) is 10.1. The van der Waals surface area contributed by atoms with Gasteiger partial charge in [0.05, 0.1) is 17.9 Å². The minimum Gasteiger partial charge on any atom is -0.478 e. The molecule has 0 fully saturated rings. The summed E-state index contributed by atoms with van der Waals surface area (Å²) in [6.07, 6.45) is -6.85. The van der Waals surface area contributed by atoms with Crippen LogP contribution >= 0.6 is 0 Å². The Balaban J connectivity index is 2.21. The predicted octanol–water partition coefficient (Wildman–Crippen LogP) is -1.54. The maximum atomic E-state index is 12.7. The number of nitrogens with zero attached hydrogens (tertiary/aromatic N) is 2. The average Bonchev–Trinajstić information content (AvgIpc) is 2.81. The van der Waals surface area contributed by atoms with Crippen molar-refractivity contribution in [2.24, 2.45) is 16.5 Å². The van der Waals surface area contributed by atoms with Gasteiger partial charge in [-0.05, 0) is 41.5 Å². The number of carbonyl (C=O) groups is 2. The van der Waals surface area contributed by atoms with E-state index in [1.165, 1.54) is 49.5 Å². The molecule has 0 spiro atoms. The van der Waals surface area contributed by atoms with Gasteiger partial charge in [-0.3, -0.25) is 4.79 Å². The van der Waals surface area contributed by atoms with Crippen molar-refractivity contribution in [3.63, 3.8) is 0 Å². The molecule has 0 unspecified atom stereocenters. The zero-order chi connectivity index (χ0) is 25.6. The number of nitrogens with two attached hydrogens (primary N) is 2. The molecular weight excluding hydrogens is 448 g/mol. The summed E-state index contributed by atoms with van der Waals surface area (Å²) in [6, 6.07) is 10.3. The normalized spacial score (nSPS) is 14.5. The van der Waals surface area contributed by atoms with Gasteiger partial charge >= 0.3 is 5.97 Å². The van der Waals surface area contributed by atoms with E-state index in [2.05, 4.69) is 4.99 Å². The van der Waals surface area contributed by atoms with Crippen LogP contribution in [0, 0.1) is 0 Å². The third kappa shape index (κ3) is 6.50. The first-order chi connectivity index (χ1) is 16.0. The van der Waals surface area contributed by atoms with Crippen LogP contribution < -0.4 is 11.5 Å². The smallest absolute Gasteiger partial charge is 0.336 e. The number of carboxylic acid groups (broad SMARTS) is 1. The predicted molar refractivity (Wildman–Crippen MR) is 122 cm³/mol. The van der Waals surface area contributed by atoms with E-state index in [1.54, 1.807) is 0 Å². The molecule has 0 aliphatic heterocycles. The first kappa shape index (κ1) is 26.7. The van der Waals surface area contributed by atoms with Gasteiger partial charge in [0, 0.05) is 19.2 Å². The lowest BCUT2D eigenvalue weighted by atomic mass is 9.97. The second-order valence-corrected chi connectivity index (χ2v) is 7.63. The monoisotopic (exact) mass is 476 g/mol. The van der Waals surface area contributed by atoms with Crippen LogP contribution in [-0.4, -0.2) is 98.0 Å². The molecule has 0 saturated heterocycles. The largest absolute Gasteiger partial charge is 0.478 e. The van der Waals surface area contributed by atoms with Crippen LogP contribution in [0.5, 0.6) is 0 Å². The molecule has 12 heteroatoms. The molecule has 2 aromatic carbocycles. The summed E-state index contributed by atoms with van der Waals surface area (Å²) >= 11 is 0. The quantitative estimate of drug-likeness (QED) is 0.146. The SMILES string of the molecule is CN(C[C@H](O)[C@@H](O)[C@H](O)[C@H](O)CO)C(=O)c1ccc(-c2cc(N=C(N)N)ccc2C(=O)O)cc1. The van der Waals surface area contributed by atoms with E-state index in [-0.39, 0.29) is 23.6 Å².